The Balaban J connectivity index is 0.822. The fraction of sp³-hybridized carbons (Fsp3) is 0.0727. The molecule has 3 atom stereocenters. The summed E-state index contributed by atoms with van der Waals surface area (Å²) in [6.07, 6.45) is 19.7. The van der Waals surface area contributed by atoms with Gasteiger partial charge >= 0.3 is 0 Å². The molecule has 0 amide bonds. The van der Waals surface area contributed by atoms with Crippen LogP contribution in [0.1, 0.15) is 39.5 Å². The van der Waals surface area contributed by atoms with Crippen LogP contribution >= 0.6 is 0 Å². The van der Waals surface area contributed by atoms with Gasteiger partial charge in [-0.25, -0.2) is 15.0 Å². The van der Waals surface area contributed by atoms with E-state index < -0.39 is 0 Å². The van der Waals surface area contributed by atoms with E-state index in [2.05, 4.69) is 191 Å². The lowest BCUT2D eigenvalue weighted by Crippen LogP contribution is -2.38. The van der Waals surface area contributed by atoms with Crippen molar-refractivity contribution in [2.24, 2.45) is 9.98 Å². The Morgan fingerprint density at radius 1 is 0.597 bits per heavy atom. The minimum atomic E-state index is -0.250. The van der Waals surface area contributed by atoms with E-state index in [0.29, 0.717) is 0 Å². The molecule has 6 aromatic carbocycles. The number of amidine groups is 2. The van der Waals surface area contributed by atoms with Gasteiger partial charge in [0.15, 0.2) is 5.84 Å². The van der Waals surface area contributed by atoms with Gasteiger partial charge in [-0.15, -0.1) is 0 Å². The Kier molecular flexibility index (Phi) is 8.62. The third kappa shape index (κ3) is 6.42. The minimum Gasteiger partial charge on any atom is -0.379 e. The van der Waals surface area contributed by atoms with Crippen LogP contribution in [0.2, 0.25) is 0 Å². The molecular formula is C55H41N7. The highest BCUT2D eigenvalue weighted by Gasteiger charge is 2.27. The van der Waals surface area contributed by atoms with E-state index in [-0.39, 0.29) is 18.2 Å². The Morgan fingerprint density at radius 3 is 2.27 bits per heavy atom. The van der Waals surface area contributed by atoms with Crippen molar-refractivity contribution < 1.29 is 0 Å². The molecule has 4 aliphatic heterocycles. The molecule has 3 unspecified atom stereocenters. The van der Waals surface area contributed by atoms with Crippen molar-refractivity contribution in [3.8, 4) is 11.3 Å². The first-order chi connectivity index (χ1) is 30.7. The molecule has 1 aromatic heterocycles. The third-order valence-electron chi connectivity index (χ3n) is 12.4. The van der Waals surface area contributed by atoms with Crippen molar-refractivity contribution in [1.29, 1.82) is 0 Å². The van der Waals surface area contributed by atoms with Gasteiger partial charge in [-0.1, -0.05) is 176 Å². The quantitative estimate of drug-likeness (QED) is 0.135. The summed E-state index contributed by atoms with van der Waals surface area (Å²) in [5.41, 5.74) is 15.5. The number of benzene rings is 6. The average Bonchev–Trinajstić information content (AvgIpc) is 3.35. The summed E-state index contributed by atoms with van der Waals surface area (Å²) in [5.74, 6) is 1.55. The lowest BCUT2D eigenvalue weighted by molar-refractivity contribution is 0.669. The molecule has 7 aromatic rings. The highest BCUT2D eigenvalue weighted by Crippen LogP contribution is 2.38. The number of hydrogen-bond donors (Lipinski definition) is 4. The zero-order valence-electron chi connectivity index (χ0n) is 33.8. The van der Waals surface area contributed by atoms with Gasteiger partial charge in [0, 0.05) is 34.4 Å². The van der Waals surface area contributed by atoms with Crippen molar-refractivity contribution in [3.05, 3.63) is 221 Å². The number of nitrogens with one attached hydrogen (secondary N) is 4. The smallest absolute Gasteiger partial charge is 0.154 e. The number of pyridine rings is 1. The van der Waals surface area contributed by atoms with E-state index in [1.807, 2.05) is 24.3 Å². The first-order valence-electron chi connectivity index (χ1n) is 21.3. The second kappa shape index (κ2) is 14.9. The van der Waals surface area contributed by atoms with E-state index in [1.165, 1.54) is 33.0 Å². The molecule has 0 radical (unpaired) electrons. The molecule has 5 heterocycles. The van der Waals surface area contributed by atoms with Crippen molar-refractivity contribution in [3.63, 3.8) is 0 Å². The van der Waals surface area contributed by atoms with Gasteiger partial charge in [0.05, 0.1) is 22.9 Å². The molecular weight excluding hydrogens is 759 g/mol. The average molecular weight is 800 g/mol. The summed E-state index contributed by atoms with van der Waals surface area (Å²) in [4.78, 5) is 15.5. The number of aliphatic imine (C=N–C) groups is 2. The lowest BCUT2D eigenvalue weighted by Gasteiger charge is -2.29. The number of rotatable bonds is 6. The summed E-state index contributed by atoms with van der Waals surface area (Å²) in [6.45, 7) is 0.808. The van der Waals surface area contributed by atoms with Crippen molar-refractivity contribution in [1.82, 2.24) is 15.6 Å². The Labute approximate surface area is 360 Å². The van der Waals surface area contributed by atoms with Crippen molar-refractivity contribution in [2.45, 2.75) is 18.2 Å². The van der Waals surface area contributed by atoms with Crippen LogP contribution < -0.4 is 21.3 Å². The number of anilines is 2. The second-order valence-electron chi connectivity index (χ2n) is 16.2. The van der Waals surface area contributed by atoms with Gasteiger partial charge in [-0.2, -0.15) is 0 Å². The molecule has 0 bridgehead atoms. The topological polar surface area (TPSA) is 85.7 Å². The molecule has 0 fully saturated rings. The second-order valence-corrected chi connectivity index (χ2v) is 16.2. The third-order valence-corrected chi connectivity index (χ3v) is 12.4. The number of dihydropyridines is 1. The van der Waals surface area contributed by atoms with E-state index >= 15 is 0 Å². The monoisotopic (exact) mass is 799 g/mol. The van der Waals surface area contributed by atoms with Crippen molar-refractivity contribution in [2.75, 3.05) is 17.2 Å². The Morgan fingerprint density at radius 2 is 1.39 bits per heavy atom. The van der Waals surface area contributed by atoms with E-state index in [0.717, 1.165) is 79.7 Å². The lowest BCUT2D eigenvalue weighted by atomic mass is 9.87. The van der Waals surface area contributed by atoms with Gasteiger partial charge in [0.2, 0.25) is 0 Å². The van der Waals surface area contributed by atoms with Crippen LogP contribution in [0.15, 0.2) is 198 Å². The fourth-order valence-electron chi connectivity index (χ4n) is 9.18. The number of nitrogens with zero attached hydrogens (tertiary/aromatic N) is 3. The number of hydrogen-bond acceptors (Lipinski definition) is 7. The van der Waals surface area contributed by atoms with Crippen LogP contribution in [-0.4, -0.2) is 35.3 Å². The van der Waals surface area contributed by atoms with Gasteiger partial charge in [0.1, 0.15) is 18.0 Å². The van der Waals surface area contributed by atoms with Crippen LogP contribution in [0.3, 0.4) is 0 Å². The largest absolute Gasteiger partial charge is 0.379 e. The first-order valence-corrected chi connectivity index (χ1v) is 21.3. The maximum atomic E-state index is 5.25. The van der Waals surface area contributed by atoms with Crippen LogP contribution in [0.4, 0.5) is 11.4 Å². The van der Waals surface area contributed by atoms with Crippen LogP contribution in [-0.2, 0) is 0 Å². The molecule has 12 rings (SSSR count). The maximum Gasteiger partial charge on any atom is 0.154 e. The zero-order valence-corrected chi connectivity index (χ0v) is 33.8. The molecule has 1 aliphatic carbocycles. The molecule has 5 aliphatic rings. The fourth-order valence-corrected chi connectivity index (χ4v) is 9.18. The van der Waals surface area contributed by atoms with E-state index in [1.54, 1.807) is 0 Å². The van der Waals surface area contributed by atoms with Gasteiger partial charge in [-0.3, -0.25) is 0 Å². The standard InChI is InChI=1S/C55H41N7/c1-3-10-38(11-4-1)53-60-54(39-12-5-2-6-13-39)62-55(61-53)48-30-24-35-18-22-41(33-50(35)58-48)46-28-23-34-17-21-40(32-49(34)57-46)42-26-27-45(44-16-8-7-15-43(42)44)47-29-25-37-20-19-36-14-9-31-56-51(36)52(37)59-47/h1-30,32-33,48-49,53,56-58H,31H2,(H,60,61,62). The van der Waals surface area contributed by atoms with E-state index in [4.69, 9.17) is 15.0 Å². The van der Waals surface area contributed by atoms with Crippen LogP contribution in [0.25, 0.3) is 56.4 Å². The molecule has 62 heavy (non-hydrogen) atoms. The molecule has 0 saturated heterocycles. The normalized spacial score (nSPS) is 19.5. The molecule has 7 nitrogen and oxygen atoms in total. The predicted molar refractivity (Wildman–Crippen MR) is 258 cm³/mol. The van der Waals surface area contributed by atoms with E-state index in [9.17, 15) is 0 Å². The Hall–Kier alpha value is -8.03. The molecule has 4 N–H and O–H groups in total. The van der Waals surface area contributed by atoms with Crippen molar-refractivity contribution >= 4 is 68.1 Å². The van der Waals surface area contributed by atoms with Crippen LogP contribution in [0.5, 0.6) is 0 Å². The van der Waals surface area contributed by atoms with Gasteiger partial charge < -0.3 is 21.3 Å². The number of aromatic nitrogens is 1. The summed E-state index contributed by atoms with van der Waals surface area (Å²) in [7, 11) is 0. The van der Waals surface area contributed by atoms with Gasteiger partial charge in [-0.05, 0) is 67.9 Å². The molecule has 7 heteroatoms. The maximum absolute atomic E-state index is 5.25. The summed E-state index contributed by atoms with van der Waals surface area (Å²) in [6, 6.07) is 48.9. The first kappa shape index (κ1) is 35.9. The highest BCUT2D eigenvalue weighted by molar-refractivity contribution is 6.11. The van der Waals surface area contributed by atoms with Crippen LogP contribution in [0, 0.1) is 0 Å². The number of allylic oxidation sites excluding steroid dienone is 4. The predicted octanol–water partition coefficient (Wildman–Crippen LogP) is 11.3. The summed E-state index contributed by atoms with van der Waals surface area (Å²) >= 11 is 0. The summed E-state index contributed by atoms with van der Waals surface area (Å²) < 4.78 is 0. The molecule has 296 valence electrons. The summed E-state index contributed by atoms with van der Waals surface area (Å²) in [5, 5.41) is 18.3. The minimum absolute atomic E-state index is 0.0183. The highest BCUT2D eigenvalue weighted by atomic mass is 15.2. The zero-order chi connectivity index (χ0) is 41.0. The SMILES string of the molecule is C1=Cc2ccc3ccc(-c4ccc(C5=CC6NC(c7ccc8c(c7)NC(C7=NC(c9ccccc9)NC(c9ccccc9)=N7)C=C8)=CC=C6C=C5)c5ccccc45)nc3c2NC1. The Bertz CT molecular complexity index is 3220. The van der Waals surface area contributed by atoms with Gasteiger partial charge in [0.25, 0.3) is 0 Å². The number of fused-ring (bicyclic) bond motifs is 6. The molecule has 0 spiro atoms. The molecule has 0 saturated carbocycles.